The van der Waals surface area contributed by atoms with Gasteiger partial charge in [0.1, 0.15) is 18.5 Å². The van der Waals surface area contributed by atoms with Crippen LogP contribution in [0.1, 0.15) is 11.1 Å². The van der Waals surface area contributed by atoms with Gasteiger partial charge in [0.2, 0.25) is 0 Å². The summed E-state index contributed by atoms with van der Waals surface area (Å²) in [4.78, 5) is 11.8. The lowest BCUT2D eigenvalue weighted by Crippen LogP contribution is -2.37. The maximum atomic E-state index is 11.8. The highest BCUT2D eigenvalue weighted by molar-refractivity contribution is 5.89. The number of hydrogen-bond acceptors (Lipinski definition) is 3. The summed E-state index contributed by atoms with van der Waals surface area (Å²) in [5.41, 5.74) is 2.35. The van der Waals surface area contributed by atoms with Gasteiger partial charge in [-0.15, -0.1) is 6.42 Å². The quantitative estimate of drug-likeness (QED) is 0.715. The fourth-order valence-electron chi connectivity index (χ4n) is 2.03. The molecule has 0 aliphatic carbocycles. The molecule has 0 bridgehead atoms. The molecule has 0 fully saturated rings. The summed E-state index contributed by atoms with van der Waals surface area (Å²) < 4.78 is 5.49. The highest BCUT2D eigenvalue weighted by Gasteiger charge is 2.08. The lowest BCUT2D eigenvalue weighted by molar-refractivity contribution is 0.108. The number of benzene rings is 2. The first-order valence-electron chi connectivity index (χ1n) is 7.56. The van der Waals surface area contributed by atoms with Crippen molar-refractivity contribution in [3.63, 3.8) is 0 Å². The second kappa shape index (κ2) is 8.61. The topological polar surface area (TPSA) is 70.6 Å². The third-order valence-corrected chi connectivity index (χ3v) is 3.22. The minimum absolute atomic E-state index is 0.0759. The number of ether oxygens (including phenoxy) is 1. The summed E-state index contributed by atoms with van der Waals surface area (Å²) in [5.74, 6) is 3.18. The molecule has 3 N–H and O–H groups in total. The molecule has 1 atom stereocenters. The first-order valence-corrected chi connectivity index (χ1v) is 7.56. The number of terminal acetylenes is 1. The van der Waals surface area contributed by atoms with Crippen molar-refractivity contribution in [2.45, 2.75) is 13.0 Å². The van der Waals surface area contributed by atoms with E-state index < -0.39 is 12.1 Å². The van der Waals surface area contributed by atoms with E-state index in [4.69, 9.17) is 11.2 Å². The number of nitrogens with one attached hydrogen (secondary N) is 2. The molecule has 5 nitrogen and oxygen atoms in total. The van der Waals surface area contributed by atoms with Gasteiger partial charge in [0.05, 0.1) is 0 Å². The van der Waals surface area contributed by atoms with E-state index in [0.29, 0.717) is 17.0 Å². The van der Waals surface area contributed by atoms with Gasteiger partial charge in [0, 0.05) is 17.8 Å². The Morgan fingerprint density at radius 1 is 1.29 bits per heavy atom. The zero-order valence-corrected chi connectivity index (χ0v) is 13.5. The van der Waals surface area contributed by atoms with E-state index in [1.54, 1.807) is 24.3 Å². The number of rotatable bonds is 6. The molecule has 124 valence electrons. The Bertz CT molecular complexity index is 737. The van der Waals surface area contributed by atoms with Crippen LogP contribution >= 0.6 is 0 Å². The van der Waals surface area contributed by atoms with Gasteiger partial charge in [0.15, 0.2) is 0 Å². The van der Waals surface area contributed by atoms with Crippen LogP contribution in [0, 0.1) is 19.3 Å². The number of carbonyl (C=O) groups excluding carboxylic acids is 1. The van der Waals surface area contributed by atoms with Gasteiger partial charge in [-0.3, -0.25) is 0 Å². The van der Waals surface area contributed by atoms with E-state index >= 15 is 0 Å². The van der Waals surface area contributed by atoms with Crippen LogP contribution in [0.2, 0.25) is 0 Å². The Labute approximate surface area is 141 Å². The lowest BCUT2D eigenvalue weighted by atomic mass is 10.2. The fourth-order valence-corrected chi connectivity index (χ4v) is 2.03. The second-order valence-corrected chi connectivity index (χ2v) is 5.34. The number of amides is 2. The van der Waals surface area contributed by atoms with Crippen molar-refractivity contribution in [1.29, 1.82) is 0 Å². The van der Waals surface area contributed by atoms with Crippen LogP contribution in [-0.4, -0.2) is 30.4 Å². The Kier molecular flexibility index (Phi) is 6.23. The van der Waals surface area contributed by atoms with E-state index in [9.17, 15) is 9.90 Å². The number of urea groups is 1. The second-order valence-electron chi connectivity index (χ2n) is 5.34. The fraction of sp³-hybridized carbons (Fsp3) is 0.211. The number of aliphatic hydroxyl groups excluding tert-OH is 1. The standard InChI is InChI=1S/C19H20N2O3/c1-3-15-7-5-8-16(11-15)21-19(23)20-12-17(22)13-24-18-9-4-6-14(2)10-18/h1,4-11,17,22H,12-13H2,2H3,(H2,20,21,23). The summed E-state index contributed by atoms with van der Waals surface area (Å²) in [6.07, 6.45) is 4.50. The van der Waals surface area contributed by atoms with Crippen molar-refractivity contribution in [1.82, 2.24) is 5.32 Å². The highest BCUT2D eigenvalue weighted by atomic mass is 16.5. The minimum Gasteiger partial charge on any atom is -0.491 e. The van der Waals surface area contributed by atoms with Crippen LogP contribution in [0.3, 0.4) is 0 Å². The number of aliphatic hydroxyl groups is 1. The summed E-state index contributed by atoms with van der Waals surface area (Å²) >= 11 is 0. The normalized spacial score (nSPS) is 11.2. The molecule has 24 heavy (non-hydrogen) atoms. The zero-order valence-electron chi connectivity index (χ0n) is 13.5. The lowest BCUT2D eigenvalue weighted by Gasteiger charge is -2.14. The van der Waals surface area contributed by atoms with Gasteiger partial charge >= 0.3 is 6.03 Å². The van der Waals surface area contributed by atoms with E-state index in [1.807, 2.05) is 31.2 Å². The van der Waals surface area contributed by atoms with Crippen molar-refractivity contribution in [2.24, 2.45) is 0 Å². The smallest absolute Gasteiger partial charge is 0.319 e. The third-order valence-electron chi connectivity index (χ3n) is 3.22. The SMILES string of the molecule is C#Cc1cccc(NC(=O)NCC(O)COc2cccc(C)c2)c1. The molecular formula is C19H20N2O3. The molecule has 0 saturated heterocycles. The number of aryl methyl sites for hydroxylation is 1. The Hall–Kier alpha value is -2.97. The maximum absolute atomic E-state index is 11.8. The predicted molar refractivity (Wildman–Crippen MR) is 94.1 cm³/mol. The Morgan fingerprint density at radius 2 is 2.08 bits per heavy atom. The summed E-state index contributed by atoms with van der Waals surface area (Å²) in [5, 5.41) is 15.1. The number of carbonyl (C=O) groups is 1. The Balaban J connectivity index is 1.73. The van der Waals surface area contributed by atoms with Gasteiger partial charge in [-0.2, -0.15) is 0 Å². The average Bonchev–Trinajstić information content (AvgIpc) is 2.58. The van der Waals surface area contributed by atoms with Crippen LogP contribution in [0.25, 0.3) is 0 Å². The van der Waals surface area contributed by atoms with E-state index in [-0.39, 0.29) is 13.2 Å². The molecule has 2 amide bonds. The molecule has 0 aliphatic rings. The van der Waals surface area contributed by atoms with Crippen LogP contribution in [-0.2, 0) is 0 Å². The molecule has 0 saturated carbocycles. The summed E-state index contributed by atoms with van der Waals surface area (Å²) in [6, 6.07) is 14.1. The average molecular weight is 324 g/mol. The first-order chi connectivity index (χ1) is 11.6. The molecule has 0 radical (unpaired) electrons. The molecule has 5 heteroatoms. The molecule has 2 aromatic rings. The van der Waals surface area contributed by atoms with Crippen molar-refractivity contribution < 1.29 is 14.6 Å². The number of anilines is 1. The molecule has 0 heterocycles. The van der Waals surface area contributed by atoms with E-state index in [1.165, 1.54) is 0 Å². The van der Waals surface area contributed by atoms with Crippen LogP contribution < -0.4 is 15.4 Å². The van der Waals surface area contributed by atoms with Crippen molar-refractivity contribution in [2.75, 3.05) is 18.5 Å². The van der Waals surface area contributed by atoms with Crippen molar-refractivity contribution >= 4 is 11.7 Å². The summed E-state index contributed by atoms with van der Waals surface area (Å²) in [7, 11) is 0. The molecule has 0 aromatic heterocycles. The van der Waals surface area contributed by atoms with Gasteiger partial charge in [-0.1, -0.05) is 24.1 Å². The van der Waals surface area contributed by atoms with Crippen LogP contribution in [0.4, 0.5) is 10.5 Å². The largest absolute Gasteiger partial charge is 0.491 e. The molecule has 1 unspecified atom stereocenters. The van der Waals surface area contributed by atoms with Gasteiger partial charge in [-0.25, -0.2) is 4.79 Å². The van der Waals surface area contributed by atoms with Gasteiger partial charge < -0.3 is 20.5 Å². The molecule has 0 aliphatic heterocycles. The van der Waals surface area contributed by atoms with Crippen LogP contribution in [0.15, 0.2) is 48.5 Å². The van der Waals surface area contributed by atoms with Crippen LogP contribution in [0.5, 0.6) is 5.75 Å². The number of hydrogen-bond donors (Lipinski definition) is 3. The molecular weight excluding hydrogens is 304 g/mol. The monoisotopic (exact) mass is 324 g/mol. The van der Waals surface area contributed by atoms with Gasteiger partial charge in [0.25, 0.3) is 0 Å². The third kappa shape index (κ3) is 5.67. The maximum Gasteiger partial charge on any atom is 0.319 e. The van der Waals surface area contributed by atoms with E-state index in [2.05, 4.69) is 16.6 Å². The van der Waals surface area contributed by atoms with Crippen molar-refractivity contribution in [3.05, 3.63) is 59.7 Å². The van der Waals surface area contributed by atoms with Gasteiger partial charge in [-0.05, 0) is 42.8 Å². The highest BCUT2D eigenvalue weighted by Crippen LogP contribution is 2.12. The van der Waals surface area contributed by atoms with Crippen molar-refractivity contribution in [3.8, 4) is 18.1 Å². The molecule has 0 spiro atoms. The van der Waals surface area contributed by atoms with E-state index in [0.717, 1.165) is 5.56 Å². The Morgan fingerprint density at radius 3 is 2.83 bits per heavy atom. The molecule has 2 rings (SSSR count). The summed E-state index contributed by atoms with van der Waals surface area (Å²) in [6.45, 7) is 2.13. The molecule has 2 aromatic carbocycles. The zero-order chi connectivity index (χ0) is 17.4. The predicted octanol–water partition coefficient (Wildman–Crippen LogP) is 2.54. The minimum atomic E-state index is -0.812. The first kappa shape index (κ1) is 17.4.